The molecular formula is C19H25Cl4NO. The molecule has 1 saturated heterocycles. The number of allylic oxidation sites excluding steroid dienone is 4. The molecule has 6 heteroatoms. The number of aliphatic hydroxyl groups is 1. The number of rotatable bonds is 5. The van der Waals surface area contributed by atoms with Gasteiger partial charge in [0.1, 0.15) is 8.98 Å². The zero-order valence-corrected chi connectivity index (χ0v) is 17.1. The zero-order chi connectivity index (χ0) is 18.3. The highest BCUT2D eigenvalue weighted by Crippen LogP contribution is 2.42. The van der Waals surface area contributed by atoms with Crippen LogP contribution in [0.5, 0.6) is 0 Å². The monoisotopic (exact) mass is 423 g/mol. The summed E-state index contributed by atoms with van der Waals surface area (Å²) in [6.45, 7) is 0. The molecule has 4 atom stereocenters. The largest absolute Gasteiger partial charge is 0.392 e. The van der Waals surface area contributed by atoms with Gasteiger partial charge in [-0.25, -0.2) is 0 Å². The average Bonchev–Trinajstić information content (AvgIpc) is 2.54. The normalized spacial score (nSPS) is 33.1. The molecule has 25 heavy (non-hydrogen) atoms. The Hall–Kier alpha value is 0.0400. The Kier molecular flexibility index (Phi) is 8.87. The van der Waals surface area contributed by atoms with Crippen LogP contribution in [0.3, 0.4) is 0 Å². The van der Waals surface area contributed by atoms with Crippen molar-refractivity contribution in [2.24, 2.45) is 5.92 Å². The Balaban J connectivity index is 2.09. The second kappa shape index (κ2) is 10.4. The van der Waals surface area contributed by atoms with E-state index in [1.807, 2.05) is 12.2 Å². The van der Waals surface area contributed by atoms with Gasteiger partial charge in [-0.3, -0.25) is 0 Å². The molecule has 2 N–H and O–H groups in total. The summed E-state index contributed by atoms with van der Waals surface area (Å²) in [4.78, 5) is 0. The molecule has 1 aliphatic heterocycles. The van der Waals surface area contributed by atoms with Crippen LogP contribution in [0.1, 0.15) is 44.9 Å². The van der Waals surface area contributed by atoms with Crippen LogP contribution >= 0.6 is 46.4 Å². The lowest BCUT2D eigenvalue weighted by Gasteiger charge is -2.51. The van der Waals surface area contributed by atoms with Gasteiger partial charge in [0.15, 0.2) is 0 Å². The number of halogens is 4. The molecule has 0 amide bonds. The number of hydrogen-bond donors (Lipinski definition) is 2. The fourth-order valence-electron chi connectivity index (χ4n) is 4.14. The first-order chi connectivity index (χ1) is 11.9. The maximum absolute atomic E-state index is 10.6. The van der Waals surface area contributed by atoms with Gasteiger partial charge in [-0.05, 0) is 50.7 Å². The molecule has 1 spiro atoms. The van der Waals surface area contributed by atoms with Gasteiger partial charge in [0.2, 0.25) is 0 Å². The smallest absolute Gasteiger partial charge is 0.106 e. The van der Waals surface area contributed by atoms with Gasteiger partial charge in [-0.15, -0.1) is 0 Å². The van der Waals surface area contributed by atoms with E-state index in [4.69, 9.17) is 46.4 Å². The van der Waals surface area contributed by atoms with Crippen LogP contribution in [-0.2, 0) is 0 Å². The Bertz CT molecular complexity index is 546. The van der Waals surface area contributed by atoms with Crippen LogP contribution < -0.4 is 5.32 Å². The standard InChI is InChI=1S/C19H25Cl4NO/c20-17(21)10-2-1-6-14-7-4-12-19(24-14)13-5-9-16(25)15(19)8-3-11-18(22)23/h1-3,8,10-11,14-16,24-25H,4-7,9,12-13H2/b2-1-,8-3-/t14-,15?,16?,19?/m1/s1. The predicted octanol–water partition coefficient (Wildman–Crippen LogP) is 6.17. The second-order valence-electron chi connectivity index (χ2n) is 6.84. The molecule has 140 valence electrons. The fourth-order valence-corrected chi connectivity index (χ4v) is 4.43. The average molecular weight is 425 g/mol. The van der Waals surface area contributed by atoms with Crippen molar-refractivity contribution in [3.63, 3.8) is 0 Å². The summed E-state index contributed by atoms with van der Waals surface area (Å²) in [5, 5.41) is 14.4. The van der Waals surface area contributed by atoms with E-state index < -0.39 is 0 Å². The third-order valence-corrected chi connectivity index (χ3v) is 5.67. The first kappa shape index (κ1) is 21.3. The topological polar surface area (TPSA) is 32.3 Å². The van der Waals surface area contributed by atoms with Crippen LogP contribution in [0.15, 0.2) is 45.4 Å². The van der Waals surface area contributed by atoms with Crippen molar-refractivity contribution < 1.29 is 5.11 Å². The van der Waals surface area contributed by atoms with Crippen LogP contribution in [0.25, 0.3) is 0 Å². The number of nitrogens with one attached hydrogen (secondary N) is 1. The quantitative estimate of drug-likeness (QED) is 0.517. The number of piperidine rings is 1. The molecule has 2 fully saturated rings. The SMILES string of the molecule is OC1CCCC2(CCC[C@@H](C/C=C\C=C(Cl)Cl)N2)C1/C=C\C=C(Cl)Cl. The van der Waals surface area contributed by atoms with E-state index in [1.165, 1.54) is 0 Å². The first-order valence-electron chi connectivity index (χ1n) is 8.76. The minimum absolute atomic E-state index is 0.0580. The highest BCUT2D eigenvalue weighted by atomic mass is 35.5. The molecule has 2 nitrogen and oxygen atoms in total. The van der Waals surface area contributed by atoms with E-state index in [0.717, 1.165) is 44.9 Å². The predicted molar refractivity (Wildman–Crippen MR) is 109 cm³/mol. The maximum Gasteiger partial charge on any atom is 0.106 e. The summed E-state index contributed by atoms with van der Waals surface area (Å²) in [7, 11) is 0. The highest BCUT2D eigenvalue weighted by Gasteiger charge is 2.45. The molecule has 0 aromatic heterocycles. The lowest BCUT2D eigenvalue weighted by Crippen LogP contribution is -2.61. The molecule has 2 aliphatic rings. The summed E-state index contributed by atoms with van der Waals surface area (Å²) in [6.07, 6.45) is 18.1. The molecule has 1 heterocycles. The molecule has 3 unspecified atom stereocenters. The molecule has 0 aromatic carbocycles. The van der Waals surface area contributed by atoms with Crippen LogP contribution in [0, 0.1) is 5.92 Å². The van der Waals surface area contributed by atoms with Gasteiger partial charge in [0.05, 0.1) is 6.10 Å². The summed E-state index contributed by atoms with van der Waals surface area (Å²) in [5.41, 5.74) is -0.0580. The first-order valence-corrected chi connectivity index (χ1v) is 10.3. The summed E-state index contributed by atoms with van der Waals surface area (Å²) < 4.78 is 0.483. The van der Waals surface area contributed by atoms with Crippen molar-refractivity contribution in [2.75, 3.05) is 0 Å². The maximum atomic E-state index is 10.6. The second-order valence-corrected chi connectivity index (χ2v) is 8.85. The van der Waals surface area contributed by atoms with E-state index in [2.05, 4.69) is 17.5 Å². The third kappa shape index (κ3) is 6.61. The number of aliphatic hydroxyl groups excluding tert-OH is 1. The Morgan fingerprint density at radius 1 is 1.00 bits per heavy atom. The van der Waals surface area contributed by atoms with Crippen molar-refractivity contribution in [3.05, 3.63) is 45.4 Å². The number of hydrogen-bond acceptors (Lipinski definition) is 2. The summed E-state index contributed by atoms with van der Waals surface area (Å²) >= 11 is 22.6. The summed E-state index contributed by atoms with van der Waals surface area (Å²) in [5.74, 6) is 0.0640. The van der Waals surface area contributed by atoms with Crippen molar-refractivity contribution >= 4 is 46.4 Å². The van der Waals surface area contributed by atoms with E-state index in [1.54, 1.807) is 12.2 Å². The minimum Gasteiger partial charge on any atom is -0.392 e. The minimum atomic E-state index is -0.340. The molecule has 1 saturated carbocycles. The zero-order valence-electron chi connectivity index (χ0n) is 14.1. The summed E-state index contributed by atoms with van der Waals surface area (Å²) in [6, 6.07) is 0.390. The van der Waals surface area contributed by atoms with Crippen molar-refractivity contribution in [3.8, 4) is 0 Å². The van der Waals surface area contributed by atoms with E-state index in [-0.39, 0.29) is 26.5 Å². The van der Waals surface area contributed by atoms with Crippen molar-refractivity contribution in [2.45, 2.75) is 62.6 Å². The van der Waals surface area contributed by atoms with Crippen molar-refractivity contribution in [1.29, 1.82) is 0 Å². The van der Waals surface area contributed by atoms with Crippen LogP contribution in [0.2, 0.25) is 0 Å². The Morgan fingerprint density at radius 3 is 2.32 bits per heavy atom. The van der Waals surface area contributed by atoms with Gasteiger partial charge < -0.3 is 10.4 Å². The molecule has 2 rings (SSSR count). The van der Waals surface area contributed by atoms with Gasteiger partial charge in [0.25, 0.3) is 0 Å². The Morgan fingerprint density at radius 2 is 1.64 bits per heavy atom. The third-order valence-electron chi connectivity index (χ3n) is 5.16. The van der Waals surface area contributed by atoms with Gasteiger partial charge >= 0.3 is 0 Å². The molecule has 0 radical (unpaired) electrons. The fraction of sp³-hybridized carbons (Fsp3) is 0.579. The Labute approximate surface area is 170 Å². The van der Waals surface area contributed by atoms with Gasteiger partial charge in [-0.1, -0.05) is 77.1 Å². The van der Waals surface area contributed by atoms with E-state index >= 15 is 0 Å². The van der Waals surface area contributed by atoms with Crippen LogP contribution in [-0.4, -0.2) is 22.8 Å². The lowest BCUT2D eigenvalue weighted by molar-refractivity contribution is 0.00391. The van der Waals surface area contributed by atoms with Crippen molar-refractivity contribution in [1.82, 2.24) is 5.32 Å². The lowest BCUT2D eigenvalue weighted by atomic mass is 9.66. The van der Waals surface area contributed by atoms with E-state index in [9.17, 15) is 5.11 Å². The molecule has 1 aliphatic carbocycles. The highest BCUT2D eigenvalue weighted by molar-refractivity contribution is 6.56. The molecule has 0 bridgehead atoms. The molecule has 0 aromatic rings. The molecular weight excluding hydrogens is 400 g/mol. The van der Waals surface area contributed by atoms with Crippen LogP contribution in [0.4, 0.5) is 0 Å². The van der Waals surface area contributed by atoms with Gasteiger partial charge in [0, 0.05) is 17.5 Å². The van der Waals surface area contributed by atoms with E-state index in [0.29, 0.717) is 6.04 Å². The van der Waals surface area contributed by atoms with Gasteiger partial charge in [-0.2, -0.15) is 0 Å².